The summed E-state index contributed by atoms with van der Waals surface area (Å²) in [7, 11) is 1.40. The third kappa shape index (κ3) is 5.04. The summed E-state index contributed by atoms with van der Waals surface area (Å²) < 4.78 is 16.3. The lowest BCUT2D eigenvalue weighted by Gasteiger charge is -2.41. The zero-order chi connectivity index (χ0) is 13.1. The van der Waals surface area contributed by atoms with Gasteiger partial charge in [-0.3, -0.25) is 4.79 Å². The first-order chi connectivity index (χ1) is 7.82. The van der Waals surface area contributed by atoms with Gasteiger partial charge >= 0.3 is 5.97 Å². The van der Waals surface area contributed by atoms with Crippen molar-refractivity contribution in [1.29, 1.82) is 0 Å². The molecule has 0 radical (unpaired) electrons. The number of carbonyl (C=O) groups is 1. The van der Waals surface area contributed by atoms with E-state index in [4.69, 9.17) is 9.47 Å². The molecule has 0 aliphatic carbocycles. The van der Waals surface area contributed by atoms with Crippen LogP contribution in [0.4, 0.5) is 0 Å². The standard InChI is InChI=1S/C13H24O4/c1-9(2)6-10-7-11(8-12(14)15-5)17-13(3,4)16-10/h9-11H,6-8H2,1-5H3. The van der Waals surface area contributed by atoms with Gasteiger partial charge in [0.2, 0.25) is 0 Å². The predicted octanol–water partition coefficient (Wildman–Crippen LogP) is 2.51. The third-order valence-corrected chi connectivity index (χ3v) is 2.78. The van der Waals surface area contributed by atoms with Gasteiger partial charge in [-0.05, 0) is 26.2 Å². The molecular formula is C13H24O4. The maximum Gasteiger partial charge on any atom is 0.308 e. The fourth-order valence-corrected chi connectivity index (χ4v) is 2.28. The molecule has 4 nitrogen and oxygen atoms in total. The van der Waals surface area contributed by atoms with Gasteiger partial charge in [-0.2, -0.15) is 0 Å². The highest BCUT2D eigenvalue weighted by Gasteiger charge is 2.36. The minimum atomic E-state index is -0.615. The van der Waals surface area contributed by atoms with Gasteiger partial charge in [0.15, 0.2) is 5.79 Å². The van der Waals surface area contributed by atoms with E-state index >= 15 is 0 Å². The van der Waals surface area contributed by atoms with E-state index in [0.717, 1.165) is 12.8 Å². The summed E-state index contributed by atoms with van der Waals surface area (Å²) in [6, 6.07) is 0. The number of methoxy groups -OCH3 is 1. The highest BCUT2D eigenvalue weighted by Crippen LogP contribution is 2.31. The van der Waals surface area contributed by atoms with Crippen LogP contribution < -0.4 is 0 Å². The molecule has 4 heteroatoms. The Bertz CT molecular complexity index is 260. The molecule has 0 aromatic heterocycles. The maximum atomic E-state index is 11.3. The molecule has 0 N–H and O–H groups in total. The van der Waals surface area contributed by atoms with Crippen molar-refractivity contribution in [2.75, 3.05) is 7.11 Å². The average Bonchev–Trinajstić information content (AvgIpc) is 2.13. The van der Waals surface area contributed by atoms with Crippen LogP contribution >= 0.6 is 0 Å². The minimum Gasteiger partial charge on any atom is -0.469 e. The van der Waals surface area contributed by atoms with Crippen molar-refractivity contribution in [2.45, 2.75) is 65.0 Å². The molecule has 1 rings (SSSR count). The normalized spacial score (nSPS) is 28.1. The summed E-state index contributed by atoms with van der Waals surface area (Å²) in [5, 5.41) is 0. The molecule has 0 spiro atoms. The molecule has 0 saturated carbocycles. The zero-order valence-corrected chi connectivity index (χ0v) is 11.5. The van der Waals surface area contributed by atoms with E-state index < -0.39 is 5.79 Å². The molecule has 1 aliphatic rings. The van der Waals surface area contributed by atoms with Crippen LogP contribution in [0.15, 0.2) is 0 Å². The summed E-state index contributed by atoms with van der Waals surface area (Å²) in [6.45, 7) is 8.12. The van der Waals surface area contributed by atoms with Gasteiger partial charge in [0, 0.05) is 6.42 Å². The van der Waals surface area contributed by atoms with Crippen LogP contribution in [0.5, 0.6) is 0 Å². The monoisotopic (exact) mass is 244 g/mol. The van der Waals surface area contributed by atoms with Crippen molar-refractivity contribution in [3.8, 4) is 0 Å². The summed E-state index contributed by atoms with van der Waals surface area (Å²) in [4.78, 5) is 11.3. The Kier molecular flexibility index (Phi) is 4.95. The number of rotatable bonds is 4. The third-order valence-electron chi connectivity index (χ3n) is 2.78. The van der Waals surface area contributed by atoms with Gasteiger partial charge in [-0.25, -0.2) is 0 Å². The fourth-order valence-electron chi connectivity index (χ4n) is 2.28. The molecule has 17 heavy (non-hydrogen) atoms. The van der Waals surface area contributed by atoms with Gasteiger partial charge < -0.3 is 14.2 Å². The Morgan fingerprint density at radius 2 is 1.94 bits per heavy atom. The summed E-state index contributed by atoms with van der Waals surface area (Å²) in [5.74, 6) is -0.264. The van der Waals surface area contributed by atoms with Crippen molar-refractivity contribution in [3.05, 3.63) is 0 Å². The average molecular weight is 244 g/mol. The lowest BCUT2D eigenvalue weighted by atomic mass is 9.98. The molecule has 2 unspecified atom stereocenters. The second-order valence-electron chi connectivity index (χ2n) is 5.53. The molecule has 1 fully saturated rings. The van der Waals surface area contributed by atoms with Crippen LogP contribution in [-0.2, 0) is 19.0 Å². The number of hydrogen-bond donors (Lipinski definition) is 0. The molecule has 1 aliphatic heterocycles. The van der Waals surface area contributed by atoms with E-state index in [2.05, 4.69) is 18.6 Å². The largest absolute Gasteiger partial charge is 0.469 e. The summed E-state index contributed by atoms with van der Waals surface area (Å²) in [6.07, 6.45) is 2.11. The summed E-state index contributed by atoms with van der Waals surface area (Å²) >= 11 is 0. The van der Waals surface area contributed by atoms with Crippen LogP contribution in [0.2, 0.25) is 0 Å². The minimum absolute atomic E-state index is 0.102. The van der Waals surface area contributed by atoms with Crippen molar-refractivity contribution in [2.24, 2.45) is 5.92 Å². The summed E-state index contributed by atoms with van der Waals surface area (Å²) in [5.41, 5.74) is 0. The molecule has 1 saturated heterocycles. The van der Waals surface area contributed by atoms with E-state index in [1.807, 2.05) is 13.8 Å². The Morgan fingerprint density at radius 1 is 1.35 bits per heavy atom. The first kappa shape index (κ1) is 14.5. The Morgan fingerprint density at radius 3 is 2.47 bits per heavy atom. The van der Waals surface area contributed by atoms with Crippen molar-refractivity contribution in [1.82, 2.24) is 0 Å². The molecule has 0 bridgehead atoms. The van der Waals surface area contributed by atoms with Gasteiger partial charge in [0.25, 0.3) is 0 Å². The number of esters is 1. The van der Waals surface area contributed by atoms with Crippen molar-refractivity contribution < 1.29 is 19.0 Å². The molecule has 0 aromatic carbocycles. The second kappa shape index (κ2) is 5.83. The molecule has 0 aromatic rings. The second-order valence-corrected chi connectivity index (χ2v) is 5.53. The van der Waals surface area contributed by atoms with E-state index in [9.17, 15) is 4.79 Å². The van der Waals surface area contributed by atoms with Gasteiger partial charge in [0.1, 0.15) is 0 Å². The highest BCUT2D eigenvalue weighted by atomic mass is 16.7. The zero-order valence-electron chi connectivity index (χ0n) is 11.5. The number of carbonyl (C=O) groups excluding carboxylic acids is 1. The van der Waals surface area contributed by atoms with Crippen LogP contribution in [0.3, 0.4) is 0 Å². The first-order valence-corrected chi connectivity index (χ1v) is 6.25. The van der Waals surface area contributed by atoms with Crippen LogP contribution in [0.1, 0.15) is 47.0 Å². The maximum absolute atomic E-state index is 11.3. The van der Waals surface area contributed by atoms with E-state index in [-0.39, 0.29) is 18.2 Å². The number of ether oxygens (including phenoxy) is 3. The van der Waals surface area contributed by atoms with Crippen LogP contribution in [0.25, 0.3) is 0 Å². The molecule has 0 amide bonds. The quantitative estimate of drug-likeness (QED) is 0.713. The number of hydrogen-bond acceptors (Lipinski definition) is 4. The van der Waals surface area contributed by atoms with E-state index in [1.54, 1.807) is 0 Å². The van der Waals surface area contributed by atoms with Crippen molar-refractivity contribution in [3.63, 3.8) is 0 Å². The Hall–Kier alpha value is -0.610. The van der Waals surface area contributed by atoms with Crippen LogP contribution in [-0.4, -0.2) is 31.1 Å². The van der Waals surface area contributed by atoms with Gasteiger partial charge in [0.05, 0.1) is 25.7 Å². The van der Waals surface area contributed by atoms with Gasteiger partial charge in [-0.1, -0.05) is 13.8 Å². The predicted molar refractivity (Wildman–Crippen MR) is 64.5 cm³/mol. The van der Waals surface area contributed by atoms with E-state index in [1.165, 1.54) is 7.11 Å². The lowest BCUT2D eigenvalue weighted by Crippen LogP contribution is -2.45. The highest BCUT2D eigenvalue weighted by molar-refractivity contribution is 5.69. The Labute approximate surface area is 104 Å². The molecular weight excluding hydrogens is 220 g/mol. The van der Waals surface area contributed by atoms with Crippen LogP contribution in [0, 0.1) is 5.92 Å². The Balaban J connectivity index is 2.57. The molecule has 1 heterocycles. The SMILES string of the molecule is COC(=O)CC1CC(CC(C)C)OC(C)(C)O1. The topological polar surface area (TPSA) is 44.8 Å². The molecule has 2 atom stereocenters. The molecule has 100 valence electrons. The fraction of sp³-hybridized carbons (Fsp3) is 0.923. The lowest BCUT2D eigenvalue weighted by molar-refractivity contribution is -0.301. The first-order valence-electron chi connectivity index (χ1n) is 6.25. The van der Waals surface area contributed by atoms with E-state index in [0.29, 0.717) is 12.3 Å². The smallest absolute Gasteiger partial charge is 0.308 e. The van der Waals surface area contributed by atoms with Gasteiger partial charge in [-0.15, -0.1) is 0 Å². The van der Waals surface area contributed by atoms with Crippen molar-refractivity contribution >= 4 is 5.97 Å².